The molecule has 2 saturated heterocycles. The minimum atomic E-state index is -0.488. The van der Waals surface area contributed by atoms with Crippen molar-refractivity contribution in [3.05, 3.63) is 18.3 Å². The number of morpholine rings is 1. The first-order valence-corrected chi connectivity index (χ1v) is 8.61. The molecular formula is C17H24N4O4. The van der Waals surface area contributed by atoms with Crippen molar-refractivity contribution in [1.82, 2.24) is 9.88 Å². The number of nitrogens with zero attached hydrogens (tertiary/aromatic N) is 2. The van der Waals surface area contributed by atoms with E-state index in [1.807, 2.05) is 0 Å². The molecule has 2 amide bonds. The summed E-state index contributed by atoms with van der Waals surface area (Å²) in [5.41, 5.74) is 0.478. The lowest BCUT2D eigenvalue weighted by atomic mass is 10.1. The van der Waals surface area contributed by atoms with Crippen LogP contribution in [0.15, 0.2) is 18.3 Å². The van der Waals surface area contributed by atoms with E-state index >= 15 is 0 Å². The number of pyridine rings is 1. The topological polar surface area (TPSA) is 92.8 Å². The smallest absolute Gasteiger partial charge is 0.254 e. The van der Waals surface area contributed by atoms with Crippen LogP contribution >= 0.6 is 0 Å². The number of aromatic nitrogens is 1. The maximum absolute atomic E-state index is 12.5. The van der Waals surface area contributed by atoms with Gasteiger partial charge in [0.15, 0.2) is 5.82 Å². The Kier molecular flexibility index (Phi) is 5.95. The van der Waals surface area contributed by atoms with Gasteiger partial charge >= 0.3 is 0 Å². The molecule has 0 aliphatic carbocycles. The maximum atomic E-state index is 12.5. The summed E-state index contributed by atoms with van der Waals surface area (Å²) in [5.74, 6) is -0.108. The molecule has 25 heavy (non-hydrogen) atoms. The van der Waals surface area contributed by atoms with E-state index in [0.717, 1.165) is 39.3 Å². The molecule has 3 rings (SSSR count). The number of amides is 2. The lowest BCUT2D eigenvalue weighted by Crippen LogP contribution is -2.41. The van der Waals surface area contributed by atoms with Gasteiger partial charge in [-0.3, -0.25) is 14.5 Å². The number of anilines is 2. The molecule has 8 nitrogen and oxygen atoms in total. The summed E-state index contributed by atoms with van der Waals surface area (Å²) >= 11 is 0. The van der Waals surface area contributed by atoms with Gasteiger partial charge in [-0.2, -0.15) is 0 Å². The fraction of sp³-hybridized carbons (Fsp3) is 0.588. The van der Waals surface area contributed by atoms with Gasteiger partial charge in [-0.25, -0.2) is 4.98 Å². The fourth-order valence-electron chi connectivity index (χ4n) is 3.10. The number of hydrogen-bond donors (Lipinski definition) is 2. The zero-order chi connectivity index (χ0) is 17.6. The molecule has 1 aromatic rings. The normalized spacial score (nSPS) is 24.0. The van der Waals surface area contributed by atoms with E-state index in [0.29, 0.717) is 17.9 Å². The van der Waals surface area contributed by atoms with Crippen molar-refractivity contribution in [2.45, 2.75) is 32.0 Å². The maximum Gasteiger partial charge on any atom is 0.254 e. The molecule has 0 radical (unpaired) electrons. The highest BCUT2D eigenvalue weighted by Crippen LogP contribution is 2.24. The van der Waals surface area contributed by atoms with Crippen molar-refractivity contribution in [2.24, 2.45) is 0 Å². The van der Waals surface area contributed by atoms with Gasteiger partial charge in [0.05, 0.1) is 25.0 Å². The van der Waals surface area contributed by atoms with Gasteiger partial charge < -0.3 is 20.1 Å². The van der Waals surface area contributed by atoms with Crippen molar-refractivity contribution in [3.8, 4) is 0 Å². The number of hydrogen-bond acceptors (Lipinski definition) is 6. The van der Waals surface area contributed by atoms with Gasteiger partial charge in [0, 0.05) is 32.8 Å². The van der Waals surface area contributed by atoms with Crippen molar-refractivity contribution >= 4 is 23.3 Å². The minimum absolute atomic E-state index is 0.0624. The molecule has 2 atom stereocenters. The molecule has 0 bridgehead atoms. The van der Waals surface area contributed by atoms with Gasteiger partial charge in [-0.05, 0) is 25.0 Å². The van der Waals surface area contributed by atoms with Crippen LogP contribution in [0.25, 0.3) is 0 Å². The molecule has 2 fully saturated rings. The van der Waals surface area contributed by atoms with Crippen LogP contribution in [-0.4, -0.2) is 66.8 Å². The molecule has 1 aromatic heterocycles. The summed E-state index contributed by atoms with van der Waals surface area (Å²) in [6, 6.07) is 3.39. The summed E-state index contributed by atoms with van der Waals surface area (Å²) in [7, 11) is 0. The lowest BCUT2D eigenvalue weighted by molar-refractivity contribution is -0.127. The molecule has 0 unspecified atom stereocenters. The monoisotopic (exact) mass is 348 g/mol. The van der Waals surface area contributed by atoms with E-state index in [2.05, 4.69) is 20.5 Å². The SMILES string of the molecule is CC(=O)Nc1cccnc1NC(=O)[C@@H]1CC[C@H](CN2CCOCC2)O1. The van der Waals surface area contributed by atoms with E-state index in [-0.39, 0.29) is 17.9 Å². The van der Waals surface area contributed by atoms with E-state index in [1.54, 1.807) is 18.3 Å². The lowest BCUT2D eigenvalue weighted by Gasteiger charge is -2.28. The summed E-state index contributed by atoms with van der Waals surface area (Å²) in [4.78, 5) is 30.2. The molecule has 136 valence electrons. The van der Waals surface area contributed by atoms with E-state index in [1.165, 1.54) is 6.92 Å². The summed E-state index contributed by atoms with van der Waals surface area (Å²) < 4.78 is 11.3. The Balaban J connectivity index is 1.53. The first-order chi connectivity index (χ1) is 12.1. The summed E-state index contributed by atoms with van der Waals surface area (Å²) in [6.07, 6.45) is 2.68. The highest BCUT2D eigenvalue weighted by atomic mass is 16.5. The summed E-state index contributed by atoms with van der Waals surface area (Å²) in [5, 5.41) is 5.42. The average Bonchev–Trinajstić information content (AvgIpc) is 3.06. The van der Waals surface area contributed by atoms with Gasteiger partial charge in [-0.15, -0.1) is 0 Å². The Bertz CT molecular complexity index is 618. The Morgan fingerprint density at radius 2 is 2.08 bits per heavy atom. The second-order valence-electron chi connectivity index (χ2n) is 6.31. The summed E-state index contributed by atoms with van der Waals surface area (Å²) in [6.45, 7) is 5.56. The average molecular weight is 348 g/mol. The van der Waals surface area contributed by atoms with Gasteiger partial charge in [0.1, 0.15) is 6.10 Å². The predicted octanol–water partition coefficient (Wildman–Crippen LogP) is 0.858. The highest BCUT2D eigenvalue weighted by molar-refractivity contribution is 5.99. The third-order valence-electron chi connectivity index (χ3n) is 4.33. The number of carbonyl (C=O) groups is 2. The number of nitrogens with one attached hydrogen (secondary N) is 2. The molecule has 0 saturated carbocycles. The zero-order valence-electron chi connectivity index (χ0n) is 14.4. The van der Waals surface area contributed by atoms with E-state index in [9.17, 15) is 9.59 Å². The van der Waals surface area contributed by atoms with Crippen LogP contribution in [0.4, 0.5) is 11.5 Å². The molecule has 2 N–H and O–H groups in total. The van der Waals surface area contributed by atoms with Crippen LogP contribution in [-0.2, 0) is 19.1 Å². The molecule has 2 aliphatic heterocycles. The van der Waals surface area contributed by atoms with Crippen LogP contribution in [0.1, 0.15) is 19.8 Å². The molecule has 0 spiro atoms. The number of ether oxygens (including phenoxy) is 2. The van der Waals surface area contributed by atoms with Crippen molar-refractivity contribution in [1.29, 1.82) is 0 Å². The fourth-order valence-corrected chi connectivity index (χ4v) is 3.10. The van der Waals surface area contributed by atoms with Crippen LogP contribution in [0, 0.1) is 0 Å². The van der Waals surface area contributed by atoms with Crippen LogP contribution < -0.4 is 10.6 Å². The minimum Gasteiger partial charge on any atom is -0.379 e. The third-order valence-corrected chi connectivity index (χ3v) is 4.33. The predicted molar refractivity (Wildman–Crippen MR) is 92.3 cm³/mol. The highest BCUT2D eigenvalue weighted by Gasteiger charge is 2.32. The second-order valence-corrected chi connectivity index (χ2v) is 6.31. The first kappa shape index (κ1) is 17.8. The Hall–Kier alpha value is -2.03. The van der Waals surface area contributed by atoms with E-state index < -0.39 is 6.10 Å². The number of rotatable bonds is 5. The second kappa shape index (κ2) is 8.37. The molecule has 8 heteroatoms. The van der Waals surface area contributed by atoms with Crippen molar-refractivity contribution in [3.63, 3.8) is 0 Å². The van der Waals surface area contributed by atoms with Gasteiger partial charge in [-0.1, -0.05) is 0 Å². The zero-order valence-corrected chi connectivity index (χ0v) is 14.4. The largest absolute Gasteiger partial charge is 0.379 e. The van der Waals surface area contributed by atoms with Crippen molar-refractivity contribution in [2.75, 3.05) is 43.5 Å². The molecule has 2 aliphatic rings. The standard InChI is InChI=1S/C17H24N4O4/c1-12(22)19-14-3-2-6-18-16(14)20-17(23)15-5-4-13(25-15)11-21-7-9-24-10-8-21/h2-3,6,13,15H,4-5,7-11H2,1H3,(H,19,22)(H,18,20,23)/t13-,15+/m1/s1. The Morgan fingerprint density at radius 3 is 2.84 bits per heavy atom. The molecule has 3 heterocycles. The quantitative estimate of drug-likeness (QED) is 0.820. The number of carbonyl (C=O) groups excluding carboxylic acids is 2. The Labute approximate surface area is 146 Å². The van der Waals surface area contributed by atoms with Gasteiger partial charge in [0.2, 0.25) is 5.91 Å². The van der Waals surface area contributed by atoms with Crippen LogP contribution in [0.3, 0.4) is 0 Å². The molecule has 0 aromatic carbocycles. The first-order valence-electron chi connectivity index (χ1n) is 8.61. The van der Waals surface area contributed by atoms with E-state index in [4.69, 9.17) is 9.47 Å². The van der Waals surface area contributed by atoms with Crippen molar-refractivity contribution < 1.29 is 19.1 Å². The van der Waals surface area contributed by atoms with Crippen LogP contribution in [0.2, 0.25) is 0 Å². The Morgan fingerprint density at radius 1 is 1.28 bits per heavy atom. The third kappa shape index (κ3) is 4.97. The molecular weight excluding hydrogens is 324 g/mol. The van der Waals surface area contributed by atoms with Crippen LogP contribution in [0.5, 0.6) is 0 Å². The van der Waals surface area contributed by atoms with Gasteiger partial charge in [0.25, 0.3) is 5.91 Å².